The van der Waals surface area contributed by atoms with E-state index in [9.17, 15) is 24.0 Å². The molecule has 5 amide bonds. The van der Waals surface area contributed by atoms with E-state index in [2.05, 4.69) is 20.6 Å². The Morgan fingerprint density at radius 2 is 1.75 bits per heavy atom. The largest absolute Gasteiger partial charge is 0.474 e. The van der Waals surface area contributed by atoms with E-state index in [0.717, 1.165) is 18.5 Å². The number of amides is 5. The summed E-state index contributed by atoms with van der Waals surface area (Å²) in [6.45, 7) is 5.83. The molecule has 1 aliphatic carbocycles. The molecule has 1 saturated carbocycles. The molecule has 4 aliphatic rings. The molecule has 1 unspecified atom stereocenters. The van der Waals surface area contributed by atoms with Gasteiger partial charge in [0.05, 0.1) is 17.7 Å². The number of fused-ring (bicyclic) bond motifs is 1. The first kappa shape index (κ1) is 38.0. The number of ether oxygens (including phenoxy) is 1. The molecule has 0 radical (unpaired) electrons. The van der Waals surface area contributed by atoms with Crippen molar-refractivity contribution >= 4 is 41.0 Å². The molecule has 4 fully saturated rings. The summed E-state index contributed by atoms with van der Waals surface area (Å²) < 4.78 is 24.6. The van der Waals surface area contributed by atoms with Crippen molar-refractivity contribution in [1.29, 1.82) is 0 Å². The van der Waals surface area contributed by atoms with Crippen LogP contribution in [0, 0.1) is 5.82 Å². The van der Waals surface area contributed by atoms with Gasteiger partial charge in [-0.2, -0.15) is 4.98 Å². The SMILES string of the molecule is CC(C)Oc1nc2nc(C3CCN(C(=O)N(C)C4CCN(c5ncc(C6CCC(=O)NC6=O)cc5F)CC4)CC3)cn2cc1C(=O)Nc1cccn(C2CC2)c1=O. The quantitative estimate of drug-likeness (QED) is 0.234. The first-order valence-electron chi connectivity index (χ1n) is 19.8. The minimum Gasteiger partial charge on any atom is -0.474 e. The lowest BCUT2D eigenvalue weighted by atomic mass is 9.91. The summed E-state index contributed by atoms with van der Waals surface area (Å²) in [6, 6.07) is 4.79. The summed E-state index contributed by atoms with van der Waals surface area (Å²) in [4.78, 5) is 83.3. The molecule has 300 valence electrons. The van der Waals surface area contributed by atoms with E-state index in [-0.39, 0.29) is 71.0 Å². The number of likely N-dealkylation sites (tertiary alicyclic amines) is 1. The highest BCUT2D eigenvalue weighted by atomic mass is 19.1. The van der Waals surface area contributed by atoms with Crippen molar-refractivity contribution in [3.8, 4) is 5.88 Å². The van der Waals surface area contributed by atoms with Crippen LogP contribution in [0.15, 0.2) is 47.8 Å². The third-order valence-electron chi connectivity index (χ3n) is 11.5. The number of imide groups is 1. The number of pyridine rings is 2. The van der Waals surface area contributed by atoms with Gasteiger partial charge in [0.1, 0.15) is 11.3 Å². The highest BCUT2D eigenvalue weighted by Crippen LogP contribution is 2.34. The number of anilines is 2. The van der Waals surface area contributed by atoms with E-state index in [4.69, 9.17) is 9.72 Å². The molecule has 3 saturated heterocycles. The lowest BCUT2D eigenvalue weighted by Crippen LogP contribution is -2.51. The minimum absolute atomic E-state index is 0.0171. The molecule has 8 rings (SSSR count). The summed E-state index contributed by atoms with van der Waals surface area (Å²) in [7, 11) is 1.82. The summed E-state index contributed by atoms with van der Waals surface area (Å²) >= 11 is 0. The van der Waals surface area contributed by atoms with Crippen LogP contribution in [0.1, 0.15) is 105 Å². The number of rotatable bonds is 9. The number of urea groups is 1. The second-order valence-corrected chi connectivity index (χ2v) is 15.8. The Labute approximate surface area is 328 Å². The van der Waals surface area contributed by atoms with E-state index >= 15 is 4.39 Å². The van der Waals surface area contributed by atoms with Crippen LogP contribution in [0.5, 0.6) is 5.88 Å². The van der Waals surface area contributed by atoms with Gasteiger partial charge in [-0.15, -0.1) is 0 Å². The predicted molar refractivity (Wildman–Crippen MR) is 207 cm³/mol. The van der Waals surface area contributed by atoms with E-state index in [1.807, 2.05) is 36.9 Å². The zero-order valence-electron chi connectivity index (χ0n) is 32.3. The van der Waals surface area contributed by atoms with Crippen molar-refractivity contribution in [2.45, 2.75) is 95.2 Å². The van der Waals surface area contributed by atoms with Crippen LogP contribution in [0.2, 0.25) is 0 Å². The van der Waals surface area contributed by atoms with Crippen LogP contribution in [0.4, 0.5) is 20.7 Å². The van der Waals surface area contributed by atoms with Crippen LogP contribution in [0.3, 0.4) is 0 Å². The van der Waals surface area contributed by atoms with Gasteiger partial charge in [-0.1, -0.05) is 0 Å². The molecule has 16 nitrogen and oxygen atoms in total. The molecular formula is C40H47FN10O6. The van der Waals surface area contributed by atoms with Crippen molar-refractivity contribution in [2.75, 3.05) is 43.4 Å². The lowest BCUT2D eigenvalue weighted by molar-refractivity contribution is -0.134. The molecule has 1 atom stereocenters. The fourth-order valence-electron chi connectivity index (χ4n) is 8.12. The molecule has 4 aromatic rings. The zero-order valence-corrected chi connectivity index (χ0v) is 32.3. The number of imidazole rings is 1. The molecule has 17 heteroatoms. The fraction of sp³-hybridized carbons (Fsp3) is 0.500. The Balaban J connectivity index is 0.872. The summed E-state index contributed by atoms with van der Waals surface area (Å²) in [5, 5.41) is 5.07. The third kappa shape index (κ3) is 7.91. The Morgan fingerprint density at radius 1 is 1.00 bits per heavy atom. The van der Waals surface area contributed by atoms with E-state index in [1.54, 1.807) is 38.4 Å². The maximum atomic E-state index is 15.3. The number of halogens is 1. The fourth-order valence-corrected chi connectivity index (χ4v) is 8.12. The molecule has 0 aromatic carbocycles. The Bertz CT molecular complexity index is 2270. The summed E-state index contributed by atoms with van der Waals surface area (Å²) in [5.41, 5.74) is 1.39. The second-order valence-electron chi connectivity index (χ2n) is 15.8. The molecule has 0 spiro atoms. The number of aromatic nitrogens is 5. The highest BCUT2D eigenvalue weighted by Gasteiger charge is 2.34. The van der Waals surface area contributed by atoms with E-state index < -0.39 is 23.5 Å². The van der Waals surface area contributed by atoms with Crippen molar-refractivity contribution in [3.05, 3.63) is 76.0 Å². The van der Waals surface area contributed by atoms with Crippen LogP contribution < -0.4 is 25.8 Å². The van der Waals surface area contributed by atoms with Gasteiger partial charge in [0.2, 0.25) is 23.5 Å². The average Bonchev–Trinajstić information content (AvgIpc) is 3.96. The molecule has 57 heavy (non-hydrogen) atoms. The van der Waals surface area contributed by atoms with Gasteiger partial charge < -0.3 is 29.3 Å². The molecule has 4 aromatic heterocycles. The van der Waals surface area contributed by atoms with Gasteiger partial charge in [0, 0.05) is 82.4 Å². The molecular weight excluding hydrogens is 736 g/mol. The summed E-state index contributed by atoms with van der Waals surface area (Å²) in [6.07, 6.45) is 11.6. The number of hydrogen-bond donors (Lipinski definition) is 2. The Kier molecular flexibility index (Phi) is 10.4. The monoisotopic (exact) mass is 782 g/mol. The Morgan fingerprint density at radius 3 is 2.44 bits per heavy atom. The minimum atomic E-state index is -0.604. The second kappa shape index (κ2) is 15.6. The number of carbonyl (C=O) groups excluding carboxylic acids is 4. The number of carbonyl (C=O) groups is 4. The van der Waals surface area contributed by atoms with Gasteiger partial charge in [0.15, 0.2) is 11.6 Å². The number of nitrogens with one attached hydrogen (secondary N) is 2. The molecule has 0 bridgehead atoms. The first-order valence-corrected chi connectivity index (χ1v) is 19.8. The predicted octanol–water partition coefficient (Wildman–Crippen LogP) is 4.22. The van der Waals surface area contributed by atoms with Crippen molar-refractivity contribution < 1.29 is 28.3 Å². The first-order chi connectivity index (χ1) is 27.4. The van der Waals surface area contributed by atoms with Crippen LogP contribution >= 0.6 is 0 Å². The van der Waals surface area contributed by atoms with Crippen LogP contribution in [-0.2, 0) is 9.59 Å². The van der Waals surface area contributed by atoms with Gasteiger partial charge in [-0.3, -0.25) is 28.9 Å². The Hall–Kier alpha value is -5.87. The maximum Gasteiger partial charge on any atom is 0.319 e. The molecule has 3 aliphatic heterocycles. The number of nitrogens with zero attached hydrogens (tertiary/aromatic N) is 8. The van der Waals surface area contributed by atoms with Crippen molar-refractivity contribution in [3.63, 3.8) is 0 Å². The van der Waals surface area contributed by atoms with Gasteiger partial charge in [-0.05, 0) is 82.6 Å². The number of hydrogen-bond acceptors (Lipinski definition) is 10. The highest BCUT2D eigenvalue weighted by molar-refractivity contribution is 6.05. The molecule has 7 heterocycles. The van der Waals surface area contributed by atoms with Gasteiger partial charge in [0.25, 0.3) is 11.5 Å². The topological polar surface area (TPSA) is 176 Å². The van der Waals surface area contributed by atoms with E-state index in [0.29, 0.717) is 69.6 Å². The van der Waals surface area contributed by atoms with E-state index in [1.165, 1.54) is 12.3 Å². The van der Waals surface area contributed by atoms with Crippen molar-refractivity contribution in [2.24, 2.45) is 0 Å². The third-order valence-corrected chi connectivity index (χ3v) is 11.5. The van der Waals surface area contributed by atoms with Crippen LogP contribution in [0.25, 0.3) is 5.78 Å². The van der Waals surface area contributed by atoms with Crippen molar-refractivity contribution in [1.82, 2.24) is 39.0 Å². The lowest BCUT2D eigenvalue weighted by Gasteiger charge is -2.40. The van der Waals surface area contributed by atoms with Crippen LogP contribution in [-0.4, -0.2) is 103 Å². The normalized spacial score (nSPS) is 19.6. The van der Waals surface area contributed by atoms with Gasteiger partial charge in [-0.25, -0.2) is 19.2 Å². The number of piperidine rings is 3. The average molecular weight is 783 g/mol. The zero-order chi connectivity index (χ0) is 40.0. The standard InChI is InChI=1S/C40H47FN10O6/c1-23(2)57-37-29(36(54)43-31-5-4-14-51(38(31)55)27-6-7-27)21-50-22-32(44-39(50)46-37)24-10-15-49(16-11-24)40(56)47(3)26-12-17-48(18-13-26)34-30(41)19-25(20-42-34)28-8-9-33(52)45-35(28)53/h4-5,14,19-24,26-28H,6-13,15-18H2,1-3H3,(H,43,54)(H,45,52,53). The molecule has 2 N–H and O–H groups in total. The van der Waals surface area contributed by atoms with Gasteiger partial charge >= 0.3 is 6.03 Å². The summed E-state index contributed by atoms with van der Waals surface area (Å²) in [5.74, 6) is -1.57. The maximum absolute atomic E-state index is 15.3. The smallest absolute Gasteiger partial charge is 0.319 e.